The highest BCUT2D eigenvalue weighted by atomic mass is 79.9. The average molecular weight is 524 g/mol. The van der Waals surface area contributed by atoms with Gasteiger partial charge in [-0.2, -0.15) is 0 Å². The van der Waals surface area contributed by atoms with E-state index >= 15 is 0 Å². The summed E-state index contributed by atoms with van der Waals surface area (Å²) in [6.45, 7) is 4.00. The molecule has 2 aromatic carbocycles. The predicted octanol–water partition coefficient (Wildman–Crippen LogP) is 4.86. The molecule has 0 bridgehead atoms. The molecule has 1 aliphatic heterocycles. The first-order valence-electron chi connectivity index (χ1n) is 9.02. The molecule has 1 atom stereocenters. The van der Waals surface area contributed by atoms with Crippen LogP contribution in [0, 0.1) is 0 Å². The molecule has 1 heterocycles. The van der Waals surface area contributed by atoms with Crippen LogP contribution in [0.25, 0.3) is 6.08 Å². The van der Waals surface area contributed by atoms with E-state index in [1.54, 1.807) is 37.4 Å². The largest absolute Gasteiger partial charge is 0.493 e. The lowest BCUT2D eigenvalue weighted by atomic mass is 10.1. The summed E-state index contributed by atoms with van der Waals surface area (Å²) < 4.78 is 12.7. The van der Waals surface area contributed by atoms with E-state index in [0.717, 1.165) is 6.42 Å². The highest BCUT2D eigenvalue weighted by molar-refractivity contribution is 9.13. The second kappa shape index (κ2) is 9.00. The van der Waals surface area contributed by atoms with Crippen LogP contribution in [0.3, 0.4) is 0 Å². The molecule has 0 aliphatic carbocycles. The molecule has 0 spiro atoms. The third-order valence-electron chi connectivity index (χ3n) is 4.48. The minimum atomic E-state index is -0.472. The Hall–Kier alpha value is -2.32. The van der Waals surface area contributed by atoms with Gasteiger partial charge in [0.15, 0.2) is 11.5 Å². The van der Waals surface area contributed by atoms with E-state index in [-0.39, 0.29) is 11.7 Å². The van der Waals surface area contributed by atoms with Crippen molar-refractivity contribution in [2.45, 2.75) is 26.4 Å². The summed E-state index contributed by atoms with van der Waals surface area (Å²) in [4.78, 5) is 25.3. The van der Waals surface area contributed by atoms with Crippen molar-refractivity contribution in [3.63, 3.8) is 0 Å². The molecule has 2 aromatic rings. The summed E-state index contributed by atoms with van der Waals surface area (Å²) in [5.74, 6) is 0.158. The zero-order valence-corrected chi connectivity index (χ0v) is 19.3. The van der Waals surface area contributed by atoms with Crippen LogP contribution in [0.2, 0.25) is 0 Å². The highest BCUT2D eigenvalue weighted by Crippen LogP contribution is 2.44. The number of ether oxygens (including phenoxy) is 2. The molecule has 3 rings (SSSR count). The Morgan fingerprint density at radius 1 is 1.17 bits per heavy atom. The van der Waals surface area contributed by atoms with Gasteiger partial charge in [0.25, 0.3) is 11.8 Å². The number of hydrogen-bond acceptors (Lipinski definition) is 4. The van der Waals surface area contributed by atoms with Crippen molar-refractivity contribution < 1.29 is 19.1 Å². The van der Waals surface area contributed by atoms with E-state index in [9.17, 15) is 9.59 Å². The van der Waals surface area contributed by atoms with Crippen molar-refractivity contribution >= 4 is 55.4 Å². The second-order valence-corrected chi connectivity index (χ2v) is 8.02. The lowest BCUT2D eigenvalue weighted by Crippen LogP contribution is -2.35. The molecule has 1 N–H and O–H groups in total. The number of carbonyl (C=O) groups is 2. The number of halogens is 2. The number of benzene rings is 2. The van der Waals surface area contributed by atoms with Crippen LogP contribution in [0.1, 0.15) is 25.8 Å². The maximum Gasteiger partial charge on any atom is 0.282 e. The Morgan fingerprint density at radius 2 is 1.86 bits per heavy atom. The molecule has 1 aliphatic rings. The molecular weight excluding hydrogens is 504 g/mol. The molecule has 0 aromatic heterocycles. The number of amides is 2. The molecule has 1 fully saturated rings. The zero-order valence-electron chi connectivity index (χ0n) is 16.2. The van der Waals surface area contributed by atoms with Gasteiger partial charge in [0.05, 0.1) is 23.4 Å². The molecule has 0 unspecified atom stereocenters. The third-order valence-corrected chi connectivity index (χ3v) is 6.62. The quantitative estimate of drug-likeness (QED) is 0.433. The summed E-state index contributed by atoms with van der Waals surface area (Å²) in [5.41, 5.74) is 3.82. The number of anilines is 1. The Bertz CT molecular complexity index is 976. The second-order valence-electron chi connectivity index (χ2n) is 6.44. The maximum atomic E-state index is 12.8. The monoisotopic (exact) mass is 522 g/mol. The van der Waals surface area contributed by atoms with Gasteiger partial charge in [0.2, 0.25) is 0 Å². The molecule has 152 valence electrons. The van der Waals surface area contributed by atoms with Crippen molar-refractivity contribution in [2.75, 3.05) is 12.1 Å². The van der Waals surface area contributed by atoms with Gasteiger partial charge in [-0.15, -0.1) is 0 Å². The normalized spacial score (nSPS) is 16.2. The summed E-state index contributed by atoms with van der Waals surface area (Å²) in [7, 11) is 1.54. The van der Waals surface area contributed by atoms with Crippen molar-refractivity contribution in [1.29, 1.82) is 0 Å². The topological polar surface area (TPSA) is 67.9 Å². The lowest BCUT2D eigenvalue weighted by Gasteiger charge is -2.19. The fourth-order valence-electron chi connectivity index (χ4n) is 2.73. The smallest absolute Gasteiger partial charge is 0.282 e. The number of carbonyl (C=O) groups excluding carboxylic acids is 2. The molecular formula is C21H20Br2N2O4. The van der Waals surface area contributed by atoms with E-state index in [1.807, 2.05) is 19.9 Å². The van der Waals surface area contributed by atoms with Crippen LogP contribution in [-0.4, -0.2) is 25.0 Å². The van der Waals surface area contributed by atoms with E-state index in [1.165, 1.54) is 11.1 Å². The van der Waals surface area contributed by atoms with Crippen molar-refractivity contribution in [3.8, 4) is 11.5 Å². The van der Waals surface area contributed by atoms with Gasteiger partial charge in [-0.05, 0) is 75.0 Å². The van der Waals surface area contributed by atoms with E-state index in [0.29, 0.717) is 31.7 Å². The summed E-state index contributed by atoms with van der Waals surface area (Å²) in [5, 5.41) is 1.23. The van der Waals surface area contributed by atoms with Crippen LogP contribution in [0.4, 0.5) is 5.69 Å². The maximum absolute atomic E-state index is 12.8. The number of hydrogen-bond donors (Lipinski definition) is 1. The van der Waals surface area contributed by atoms with Gasteiger partial charge < -0.3 is 9.47 Å². The first-order chi connectivity index (χ1) is 13.9. The van der Waals surface area contributed by atoms with Gasteiger partial charge in [-0.25, -0.2) is 5.01 Å². The first-order valence-corrected chi connectivity index (χ1v) is 10.6. The lowest BCUT2D eigenvalue weighted by molar-refractivity contribution is -0.117. The highest BCUT2D eigenvalue weighted by Gasteiger charge is 2.34. The van der Waals surface area contributed by atoms with E-state index < -0.39 is 11.8 Å². The Balaban J connectivity index is 2.00. The molecule has 0 radical (unpaired) electrons. The number of nitrogens with zero attached hydrogens (tertiary/aromatic N) is 1. The predicted molar refractivity (Wildman–Crippen MR) is 119 cm³/mol. The standard InChI is InChI=1S/C21H20Br2N2O4/c1-4-12(2)29-19-16(28-3)11-13(17(22)18(19)23)10-15-20(26)24-25(21(15)27)14-8-6-5-7-9-14/h5-12H,4H2,1-3H3,(H,24,26)/b15-10-/t12-/m0/s1. The Morgan fingerprint density at radius 3 is 2.48 bits per heavy atom. The Kier molecular flexibility index (Phi) is 6.64. The molecule has 0 saturated carbocycles. The molecule has 29 heavy (non-hydrogen) atoms. The molecule has 6 nitrogen and oxygen atoms in total. The zero-order chi connectivity index (χ0) is 21.1. The van der Waals surface area contributed by atoms with Crippen molar-refractivity contribution in [1.82, 2.24) is 5.43 Å². The van der Waals surface area contributed by atoms with Gasteiger partial charge in [0.1, 0.15) is 5.57 Å². The fourth-order valence-corrected chi connectivity index (χ4v) is 3.65. The van der Waals surface area contributed by atoms with Gasteiger partial charge >= 0.3 is 0 Å². The number of hydrazine groups is 1. The SMILES string of the molecule is CC[C@H](C)Oc1c(OC)cc(/C=C2/C(=O)NN(c3ccccc3)C2=O)c(Br)c1Br. The minimum Gasteiger partial charge on any atom is -0.493 e. The Labute approximate surface area is 186 Å². The molecule has 8 heteroatoms. The van der Waals surface area contributed by atoms with Crippen LogP contribution in [-0.2, 0) is 9.59 Å². The minimum absolute atomic E-state index is 0.00192. The fraction of sp³-hybridized carbons (Fsp3) is 0.238. The summed E-state index contributed by atoms with van der Waals surface area (Å²) >= 11 is 7.06. The summed E-state index contributed by atoms with van der Waals surface area (Å²) in [6, 6.07) is 10.7. The third kappa shape index (κ3) is 4.33. The average Bonchev–Trinajstić information content (AvgIpc) is 3.01. The van der Waals surface area contributed by atoms with Gasteiger partial charge in [-0.3, -0.25) is 15.0 Å². The molecule has 1 saturated heterocycles. The molecule has 2 amide bonds. The summed E-state index contributed by atoms with van der Waals surface area (Å²) in [6.07, 6.45) is 2.37. The van der Waals surface area contributed by atoms with Crippen LogP contribution in [0.5, 0.6) is 11.5 Å². The number of methoxy groups -OCH3 is 1. The van der Waals surface area contributed by atoms with Crippen LogP contribution in [0.15, 0.2) is 50.9 Å². The van der Waals surface area contributed by atoms with E-state index in [4.69, 9.17) is 9.47 Å². The van der Waals surface area contributed by atoms with Crippen molar-refractivity contribution in [2.24, 2.45) is 0 Å². The van der Waals surface area contributed by atoms with Crippen LogP contribution < -0.4 is 19.9 Å². The van der Waals surface area contributed by atoms with E-state index in [2.05, 4.69) is 37.3 Å². The number of para-hydroxylation sites is 1. The van der Waals surface area contributed by atoms with Crippen LogP contribution >= 0.6 is 31.9 Å². The van der Waals surface area contributed by atoms with Gasteiger partial charge in [-0.1, -0.05) is 25.1 Å². The first kappa shape index (κ1) is 21.4. The number of rotatable bonds is 6. The van der Waals surface area contributed by atoms with Gasteiger partial charge in [0, 0.05) is 4.47 Å². The number of nitrogens with one attached hydrogen (secondary N) is 1. The van der Waals surface area contributed by atoms with Crippen molar-refractivity contribution in [3.05, 3.63) is 56.5 Å².